The molecule has 1 aromatic carbocycles. The van der Waals surface area contributed by atoms with Gasteiger partial charge in [-0.25, -0.2) is 4.98 Å². The highest BCUT2D eigenvalue weighted by molar-refractivity contribution is 9.10. The van der Waals surface area contributed by atoms with E-state index in [4.69, 9.17) is 4.42 Å². The maximum absolute atomic E-state index is 11.9. The fourth-order valence-electron chi connectivity index (χ4n) is 1.54. The van der Waals surface area contributed by atoms with Crippen molar-refractivity contribution in [3.8, 4) is 0 Å². The van der Waals surface area contributed by atoms with Gasteiger partial charge in [-0.05, 0) is 47.5 Å². The van der Waals surface area contributed by atoms with Gasteiger partial charge >= 0.3 is 0 Å². The lowest BCUT2D eigenvalue weighted by Crippen LogP contribution is -2.23. The van der Waals surface area contributed by atoms with E-state index in [-0.39, 0.29) is 12.5 Å². The second-order valence-electron chi connectivity index (χ2n) is 4.03. The summed E-state index contributed by atoms with van der Waals surface area (Å²) in [6.45, 7) is 4.07. The first kappa shape index (κ1) is 12.8. The molecule has 1 aromatic heterocycles. The summed E-state index contributed by atoms with van der Waals surface area (Å²) in [6.07, 6.45) is 1.63. The Morgan fingerprint density at radius 3 is 2.83 bits per heavy atom. The molecule has 0 unspecified atom stereocenters. The number of aryl methyl sites for hydroxylation is 2. The van der Waals surface area contributed by atoms with Crippen molar-refractivity contribution in [1.82, 2.24) is 10.3 Å². The predicted octanol–water partition coefficient (Wildman–Crippen LogP) is 2.98. The van der Waals surface area contributed by atoms with Crippen molar-refractivity contribution < 1.29 is 9.21 Å². The summed E-state index contributed by atoms with van der Waals surface area (Å²) < 4.78 is 6.06. The standard InChI is InChI=1S/C13H13BrN2O2/c1-8-3-4-10(11(14)5-8)13(17)16-7-12-15-6-9(2)18-12/h3-6H,7H2,1-2H3,(H,16,17). The number of carbonyl (C=O) groups excluding carboxylic acids is 1. The van der Waals surface area contributed by atoms with Crippen LogP contribution < -0.4 is 5.32 Å². The number of halogens is 1. The molecule has 0 bridgehead atoms. The molecule has 5 heteroatoms. The average molecular weight is 309 g/mol. The second-order valence-corrected chi connectivity index (χ2v) is 4.88. The van der Waals surface area contributed by atoms with E-state index in [0.717, 1.165) is 15.8 Å². The zero-order valence-electron chi connectivity index (χ0n) is 10.2. The molecule has 0 radical (unpaired) electrons. The van der Waals surface area contributed by atoms with Crippen LogP contribution in [-0.4, -0.2) is 10.9 Å². The Morgan fingerprint density at radius 2 is 2.22 bits per heavy atom. The normalized spacial score (nSPS) is 10.4. The Kier molecular flexibility index (Phi) is 3.81. The monoisotopic (exact) mass is 308 g/mol. The number of oxazole rings is 1. The molecule has 94 valence electrons. The number of aromatic nitrogens is 1. The van der Waals surface area contributed by atoms with Crippen LogP contribution in [0, 0.1) is 13.8 Å². The van der Waals surface area contributed by atoms with Gasteiger partial charge in [0, 0.05) is 4.47 Å². The highest BCUT2D eigenvalue weighted by atomic mass is 79.9. The fourth-order valence-corrected chi connectivity index (χ4v) is 2.21. The summed E-state index contributed by atoms with van der Waals surface area (Å²) >= 11 is 3.38. The Balaban J connectivity index is 2.03. The van der Waals surface area contributed by atoms with Gasteiger partial charge in [-0.1, -0.05) is 6.07 Å². The number of hydrogen-bond acceptors (Lipinski definition) is 3. The van der Waals surface area contributed by atoms with Gasteiger partial charge in [-0.15, -0.1) is 0 Å². The van der Waals surface area contributed by atoms with Crippen LogP contribution in [0.15, 0.2) is 33.3 Å². The van der Waals surface area contributed by atoms with Crippen LogP contribution in [0.5, 0.6) is 0 Å². The molecule has 4 nitrogen and oxygen atoms in total. The van der Waals surface area contributed by atoms with Gasteiger partial charge in [-0.2, -0.15) is 0 Å². The molecule has 0 fully saturated rings. The summed E-state index contributed by atoms with van der Waals surface area (Å²) in [7, 11) is 0. The number of rotatable bonds is 3. The first-order chi connectivity index (χ1) is 8.56. The van der Waals surface area contributed by atoms with Crippen LogP contribution in [0.4, 0.5) is 0 Å². The molecule has 0 aliphatic heterocycles. The molecule has 0 spiro atoms. The first-order valence-electron chi connectivity index (χ1n) is 5.52. The number of nitrogens with zero attached hydrogens (tertiary/aromatic N) is 1. The molecule has 18 heavy (non-hydrogen) atoms. The van der Waals surface area contributed by atoms with E-state index in [1.54, 1.807) is 12.3 Å². The molecule has 0 atom stereocenters. The van der Waals surface area contributed by atoms with Gasteiger partial charge < -0.3 is 9.73 Å². The molecule has 0 saturated heterocycles. The summed E-state index contributed by atoms with van der Waals surface area (Å²) in [5.41, 5.74) is 1.70. The van der Waals surface area contributed by atoms with Gasteiger partial charge in [-0.3, -0.25) is 4.79 Å². The summed E-state index contributed by atoms with van der Waals surface area (Å²) in [5, 5.41) is 2.76. The van der Waals surface area contributed by atoms with E-state index in [0.29, 0.717) is 11.5 Å². The minimum atomic E-state index is -0.155. The Labute approximate surface area is 114 Å². The number of nitrogens with one attached hydrogen (secondary N) is 1. The van der Waals surface area contributed by atoms with Crippen molar-refractivity contribution in [3.63, 3.8) is 0 Å². The SMILES string of the molecule is Cc1ccc(C(=O)NCc2ncc(C)o2)c(Br)c1. The van der Waals surface area contributed by atoms with E-state index < -0.39 is 0 Å². The third kappa shape index (κ3) is 2.98. The Hall–Kier alpha value is -1.62. The third-order valence-corrected chi connectivity index (χ3v) is 3.09. The van der Waals surface area contributed by atoms with Crippen LogP contribution in [-0.2, 0) is 6.54 Å². The quantitative estimate of drug-likeness (QED) is 0.948. The van der Waals surface area contributed by atoms with Crippen molar-refractivity contribution in [2.75, 3.05) is 0 Å². The third-order valence-electron chi connectivity index (χ3n) is 2.44. The van der Waals surface area contributed by atoms with E-state index in [9.17, 15) is 4.79 Å². The minimum Gasteiger partial charge on any atom is -0.444 e. The van der Waals surface area contributed by atoms with E-state index >= 15 is 0 Å². The maximum atomic E-state index is 11.9. The smallest absolute Gasteiger partial charge is 0.252 e. The molecule has 0 saturated carbocycles. The van der Waals surface area contributed by atoms with Crippen molar-refractivity contribution in [2.45, 2.75) is 20.4 Å². The van der Waals surface area contributed by atoms with Crippen molar-refractivity contribution >= 4 is 21.8 Å². The van der Waals surface area contributed by atoms with Crippen LogP contribution in [0.2, 0.25) is 0 Å². The molecule has 1 heterocycles. The molecule has 0 aliphatic carbocycles. The Morgan fingerprint density at radius 1 is 1.44 bits per heavy atom. The van der Waals surface area contributed by atoms with Crippen LogP contribution in [0.3, 0.4) is 0 Å². The predicted molar refractivity (Wildman–Crippen MR) is 71.3 cm³/mol. The number of carbonyl (C=O) groups is 1. The van der Waals surface area contributed by atoms with Gasteiger partial charge in [0.15, 0.2) is 0 Å². The summed E-state index contributed by atoms with van der Waals surface area (Å²) in [5.74, 6) is 1.08. The van der Waals surface area contributed by atoms with Gasteiger partial charge in [0.2, 0.25) is 5.89 Å². The minimum absolute atomic E-state index is 0.155. The molecular weight excluding hydrogens is 296 g/mol. The van der Waals surface area contributed by atoms with E-state index in [2.05, 4.69) is 26.2 Å². The van der Waals surface area contributed by atoms with Crippen LogP contribution in [0.1, 0.15) is 27.6 Å². The zero-order chi connectivity index (χ0) is 13.1. The molecular formula is C13H13BrN2O2. The molecule has 1 amide bonds. The summed E-state index contributed by atoms with van der Waals surface area (Å²) in [4.78, 5) is 16.0. The molecule has 0 aliphatic rings. The molecule has 2 aromatic rings. The highest BCUT2D eigenvalue weighted by Gasteiger charge is 2.10. The lowest BCUT2D eigenvalue weighted by molar-refractivity contribution is 0.0946. The first-order valence-corrected chi connectivity index (χ1v) is 6.31. The van der Waals surface area contributed by atoms with E-state index in [1.807, 2.05) is 26.0 Å². The lowest BCUT2D eigenvalue weighted by atomic mass is 10.1. The second kappa shape index (κ2) is 5.35. The largest absolute Gasteiger partial charge is 0.444 e. The number of benzene rings is 1. The number of hydrogen-bond donors (Lipinski definition) is 1. The lowest BCUT2D eigenvalue weighted by Gasteiger charge is -2.05. The average Bonchev–Trinajstić information content (AvgIpc) is 2.72. The van der Waals surface area contributed by atoms with Gasteiger partial charge in [0.05, 0.1) is 18.3 Å². The van der Waals surface area contributed by atoms with E-state index in [1.165, 1.54) is 0 Å². The zero-order valence-corrected chi connectivity index (χ0v) is 11.7. The summed E-state index contributed by atoms with van der Waals surface area (Å²) in [6, 6.07) is 5.59. The van der Waals surface area contributed by atoms with Crippen LogP contribution in [0.25, 0.3) is 0 Å². The van der Waals surface area contributed by atoms with Crippen molar-refractivity contribution in [2.24, 2.45) is 0 Å². The topological polar surface area (TPSA) is 55.1 Å². The van der Waals surface area contributed by atoms with Crippen molar-refractivity contribution in [3.05, 3.63) is 51.6 Å². The van der Waals surface area contributed by atoms with Crippen molar-refractivity contribution in [1.29, 1.82) is 0 Å². The molecule has 1 N–H and O–H groups in total. The maximum Gasteiger partial charge on any atom is 0.252 e. The number of amides is 1. The fraction of sp³-hybridized carbons (Fsp3) is 0.231. The highest BCUT2D eigenvalue weighted by Crippen LogP contribution is 2.18. The molecule has 2 rings (SSSR count). The van der Waals surface area contributed by atoms with Crippen LogP contribution >= 0.6 is 15.9 Å². The Bertz CT molecular complexity index is 578. The van der Waals surface area contributed by atoms with Gasteiger partial charge in [0.25, 0.3) is 5.91 Å². The van der Waals surface area contributed by atoms with Gasteiger partial charge in [0.1, 0.15) is 5.76 Å².